The van der Waals surface area contributed by atoms with Gasteiger partial charge in [0.05, 0.1) is 0 Å². The van der Waals surface area contributed by atoms with Crippen molar-refractivity contribution in [2.75, 3.05) is 0 Å². The Morgan fingerprint density at radius 3 is 0.844 bits per heavy atom. The third kappa shape index (κ3) is 10.0. The van der Waals surface area contributed by atoms with Crippen LogP contribution >= 0.6 is 0 Å². The van der Waals surface area contributed by atoms with Crippen LogP contribution in [0.25, 0.3) is 24.3 Å². The molecule has 0 nitrogen and oxygen atoms in total. The Balaban J connectivity index is 0.000000162. The van der Waals surface area contributed by atoms with Crippen LogP contribution in [0.1, 0.15) is 66.8 Å². The van der Waals surface area contributed by atoms with Crippen LogP contribution in [0.15, 0.2) is 194 Å². The molecule has 0 aromatic heterocycles. The van der Waals surface area contributed by atoms with Crippen molar-refractivity contribution in [1.29, 1.82) is 0 Å². The minimum Gasteiger partial charge on any atom is -0.0774 e. The molecule has 0 spiro atoms. The van der Waals surface area contributed by atoms with Gasteiger partial charge in [-0.25, -0.2) is 0 Å². The van der Waals surface area contributed by atoms with E-state index in [-0.39, 0.29) is 6.71 Å². The van der Waals surface area contributed by atoms with Crippen molar-refractivity contribution >= 4 is 59.6 Å². The van der Waals surface area contributed by atoms with E-state index in [4.69, 9.17) is 0 Å². The maximum atomic E-state index is 3.33. The molecule has 0 bridgehead atoms. The van der Waals surface area contributed by atoms with Crippen LogP contribution in [0.5, 0.6) is 0 Å². The summed E-state index contributed by atoms with van der Waals surface area (Å²) in [6.07, 6.45) is 8.84. The summed E-state index contributed by atoms with van der Waals surface area (Å²) >= 11 is 0. The lowest BCUT2D eigenvalue weighted by Gasteiger charge is -2.13. The summed E-state index contributed by atoms with van der Waals surface area (Å²) in [6.45, 7) is 5.11. The lowest BCUT2D eigenvalue weighted by molar-refractivity contribution is 1.62. The zero-order valence-corrected chi connectivity index (χ0v) is 35.9. The molecule has 10 rings (SSSR count). The Bertz CT molecular complexity index is 3070. The Morgan fingerprint density at radius 1 is 0.234 bits per heavy atom. The fraction of sp³-hybridized carbons (Fsp3) is 0.0323. The normalized spacial score (nSPS) is 11.2. The van der Waals surface area contributed by atoms with Gasteiger partial charge in [0.2, 0.25) is 13.4 Å². The molecule has 0 saturated heterocycles. The maximum absolute atomic E-state index is 3.33. The van der Waals surface area contributed by atoms with Crippen LogP contribution in [0, 0.1) is 47.4 Å². The van der Waals surface area contributed by atoms with Crippen LogP contribution in [-0.2, 0) is 0 Å². The summed E-state index contributed by atoms with van der Waals surface area (Å²) in [5.41, 5.74) is 18.5. The lowest BCUT2D eigenvalue weighted by atomic mass is 9.41. The predicted molar refractivity (Wildman–Crippen MR) is 275 cm³/mol. The van der Waals surface area contributed by atoms with Crippen molar-refractivity contribution in [3.63, 3.8) is 0 Å². The molecule has 0 N–H and O–H groups in total. The SMILES string of the molecule is CB1c2cc(C#Cc3ccccc3)ccc2C=Cc2ccc(C#Cc3ccccc3)cc21.CB1c2ccc(C#Cc3ccccc3)cc2C=Cc2cc(C#Cc3ccccc3)ccc21. The quantitative estimate of drug-likeness (QED) is 0.106. The molecule has 0 atom stereocenters. The number of fused-ring (bicyclic) bond motifs is 4. The van der Waals surface area contributed by atoms with Gasteiger partial charge in [-0.15, -0.1) is 0 Å². The highest BCUT2D eigenvalue weighted by Gasteiger charge is 2.22. The van der Waals surface area contributed by atoms with E-state index in [0.717, 1.165) is 44.5 Å². The van der Waals surface area contributed by atoms with E-state index in [0.29, 0.717) is 6.71 Å². The highest BCUT2D eigenvalue weighted by atomic mass is 14.1. The summed E-state index contributed by atoms with van der Waals surface area (Å²) in [5.74, 6) is 26.3. The average Bonchev–Trinajstić information content (AvgIpc) is 3.58. The molecule has 8 aromatic carbocycles. The van der Waals surface area contributed by atoms with Crippen LogP contribution in [-0.4, -0.2) is 13.4 Å². The summed E-state index contributed by atoms with van der Waals surface area (Å²) in [5, 5.41) is 0. The fourth-order valence-corrected chi connectivity index (χ4v) is 8.10. The summed E-state index contributed by atoms with van der Waals surface area (Å²) in [4.78, 5) is 0. The third-order valence-electron chi connectivity index (χ3n) is 11.6. The van der Waals surface area contributed by atoms with Crippen molar-refractivity contribution in [3.8, 4) is 47.4 Å². The van der Waals surface area contributed by atoms with E-state index in [2.05, 4.69) is 158 Å². The highest BCUT2D eigenvalue weighted by molar-refractivity contribution is 6.86. The third-order valence-corrected chi connectivity index (χ3v) is 11.6. The predicted octanol–water partition coefficient (Wildman–Crippen LogP) is 10.4. The van der Waals surface area contributed by atoms with Gasteiger partial charge in [-0.2, -0.15) is 0 Å². The number of rotatable bonds is 0. The molecule has 2 heteroatoms. The number of hydrogen-bond acceptors (Lipinski definition) is 0. The van der Waals surface area contributed by atoms with E-state index in [9.17, 15) is 0 Å². The van der Waals surface area contributed by atoms with Gasteiger partial charge in [-0.1, -0.05) is 216 Å². The monoisotopic (exact) mass is 808 g/mol. The van der Waals surface area contributed by atoms with Crippen molar-refractivity contribution in [3.05, 3.63) is 261 Å². The molecule has 2 heterocycles. The molecule has 2 aliphatic rings. The first-order valence-electron chi connectivity index (χ1n) is 21.7. The van der Waals surface area contributed by atoms with Crippen molar-refractivity contribution < 1.29 is 0 Å². The Kier molecular flexibility index (Phi) is 12.5. The first-order chi connectivity index (χ1) is 31.5. The molecule has 0 unspecified atom stereocenters. The second-order valence-corrected chi connectivity index (χ2v) is 15.9. The van der Waals surface area contributed by atoms with Crippen LogP contribution in [0.4, 0.5) is 0 Å². The molecule has 0 aliphatic carbocycles. The zero-order valence-electron chi connectivity index (χ0n) is 35.9. The molecule has 0 amide bonds. The number of benzene rings is 8. The van der Waals surface area contributed by atoms with Crippen LogP contribution < -0.4 is 21.9 Å². The highest BCUT2D eigenvalue weighted by Crippen LogP contribution is 2.17. The van der Waals surface area contributed by atoms with E-state index < -0.39 is 0 Å². The van der Waals surface area contributed by atoms with E-state index >= 15 is 0 Å². The summed E-state index contributed by atoms with van der Waals surface area (Å²) < 4.78 is 0. The minimum atomic E-state index is 0.256. The summed E-state index contributed by atoms with van der Waals surface area (Å²) in [7, 11) is 0. The van der Waals surface area contributed by atoms with Gasteiger partial charge >= 0.3 is 0 Å². The number of hydrogen-bond donors (Lipinski definition) is 0. The standard InChI is InChI=1S/2C31H21B/c1-32-30-20-16-26(14-12-24-8-4-2-5-9-24)22-28(30)18-19-29-23-27(17-21-31(29)32)15-13-25-10-6-3-7-11-25;1-32-30-22-26(14-12-24-8-4-2-5-9-24)16-18-28(30)20-21-29-19-17-27(23-31(29)32)15-13-25-10-6-3-7-11-25/h2*2-11,16-23H,1H3. The second kappa shape index (κ2) is 19.5. The van der Waals surface area contributed by atoms with Gasteiger partial charge in [-0.05, 0) is 107 Å². The Hall–Kier alpha value is -8.39. The minimum absolute atomic E-state index is 0.256. The molecular weight excluding hydrogens is 766 g/mol. The fourth-order valence-electron chi connectivity index (χ4n) is 8.10. The second-order valence-electron chi connectivity index (χ2n) is 15.9. The van der Waals surface area contributed by atoms with E-state index in [1.807, 2.05) is 121 Å². The van der Waals surface area contributed by atoms with Gasteiger partial charge < -0.3 is 0 Å². The Labute approximate surface area is 379 Å². The van der Waals surface area contributed by atoms with E-state index in [1.54, 1.807) is 0 Å². The molecular formula is C62H42B2. The molecule has 2 aliphatic heterocycles. The van der Waals surface area contributed by atoms with Crippen LogP contribution in [0.2, 0.25) is 13.6 Å². The van der Waals surface area contributed by atoms with Crippen LogP contribution in [0.3, 0.4) is 0 Å². The zero-order chi connectivity index (χ0) is 43.5. The smallest absolute Gasteiger partial charge is 0.0774 e. The van der Waals surface area contributed by atoms with Gasteiger partial charge in [-0.3, -0.25) is 0 Å². The first-order valence-corrected chi connectivity index (χ1v) is 21.7. The van der Waals surface area contributed by atoms with Crippen molar-refractivity contribution in [2.45, 2.75) is 13.6 Å². The van der Waals surface area contributed by atoms with Gasteiger partial charge in [0, 0.05) is 44.5 Å². The Morgan fingerprint density at radius 2 is 0.500 bits per heavy atom. The molecule has 8 aromatic rings. The van der Waals surface area contributed by atoms with Crippen molar-refractivity contribution in [2.24, 2.45) is 0 Å². The molecule has 0 radical (unpaired) electrons. The molecule has 0 saturated carbocycles. The average molecular weight is 809 g/mol. The topological polar surface area (TPSA) is 0 Å². The first kappa shape index (κ1) is 41.0. The summed E-state index contributed by atoms with van der Waals surface area (Å²) in [6, 6.07) is 66.6. The largest absolute Gasteiger partial charge is 0.207 e. The maximum Gasteiger partial charge on any atom is 0.207 e. The molecule has 296 valence electrons. The lowest BCUT2D eigenvalue weighted by Crippen LogP contribution is -2.41. The van der Waals surface area contributed by atoms with E-state index in [1.165, 1.54) is 44.1 Å². The van der Waals surface area contributed by atoms with Gasteiger partial charge in [0.1, 0.15) is 0 Å². The molecule has 64 heavy (non-hydrogen) atoms. The van der Waals surface area contributed by atoms with Crippen molar-refractivity contribution in [1.82, 2.24) is 0 Å². The van der Waals surface area contributed by atoms with Gasteiger partial charge in [0.25, 0.3) is 0 Å². The molecule has 0 fully saturated rings. The van der Waals surface area contributed by atoms with Gasteiger partial charge in [0.15, 0.2) is 0 Å².